The number of rotatable bonds is 4. The van der Waals surface area contributed by atoms with Gasteiger partial charge in [-0.2, -0.15) is 0 Å². The van der Waals surface area contributed by atoms with E-state index in [1.165, 1.54) is 6.42 Å². The Morgan fingerprint density at radius 3 is 2.35 bits per heavy atom. The first-order valence-electron chi connectivity index (χ1n) is 6.22. The zero-order valence-corrected chi connectivity index (χ0v) is 10.8. The van der Waals surface area contributed by atoms with Gasteiger partial charge in [-0.25, -0.2) is 0 Å². The van der Waals surface area contributed by atoms with Gasteiger partial charge in [0.1, 0.15) is 0 Å². The Kier molecular flexibility index (Phi) is 4.93. The second-order valence-electron chi connectivity index (χ2n) is 5.38. The summed E-state index contributed by atoms with van der Waals surface area (Å²) in [7, 11) is 0. The standard InChI is InChI=1S/C12H23N3O2/c1-12(2,13)8-10(16)14-9-11(17)15-6-4-3-5-7-15/h3-9,13H2,1-2H3,(H,14,16). The van der Waals surface area contributed by atoms with Crippen molar-refractivity contribution in [1.82, 2.24) is 10.2 Å². The third-order valence-corrected chi connectivity index (χ3v) is 2.76. The van der Waals surface area contributed by atoms with Crippen molar-refractivity contribution in [2.24, 2.45) is 5.73 Å². The molecule has 0 unspecified atom stereocenters. The maximum Gasteiger partial charge on any atom is 0.241 e. The third-order valence-electron chi connectivity index (χ3n) is 2.76. The number of carbonyl (C=O) groups is 2. The van der Waals surface area contributed by atoms with Gasteiger partial charge in [0.15, 0.2) is 0 Å². The topological polar surface area (TPSA) is 75.4 Å². The van der Waals surface area contributed by atoms with Gasteiger partial charge in [-0.1, -0.05) is 0 Å². The molecule has 0 aliphatic carbocycles. The summed E-state index contributed by atoms with van der Waals surface area (Å²) in [6, 6.07) is 0. The molecule has 0 radical (unpaired) electrons. The maximum absolute atomic E-state index is 11.7. The highest BCUT2D eigenvalue weighted by Crippen LogP contribution is 2.08. The van der Waals surface area contributed by atoms with Gasteiger partial charge in [0, 0.05) is 25.0 Å². The molecule has 1 saturated heterocycles. The molecule has 0 spiro atoms. The first kappa shape index (κ1) is 14.0. The number of nitrogens with one attached hydrogen (secondary N) is 1. The summed E-state index contributed by atoms with van der Waals surface area (Å²) >= 11 is 0. The average molecular weight is 241 g/mol. The van der Waals surface area contributed by atoms with E-state index in [0.717, 1.165) is 25.9 Å². The highest BCUT2D eigenvalue weighted by molar-refractivity contribution is 5.85. The second kappa shape index (κ2) is 6.00. The van der Waals surface area contributed by atoms with Gasteiger partial charge in [-0.3, -0.25) is 9.59 Å². The van der Waals surface area contributed by atoms with Crippen molar-refractivity contribution in [2.75, 3.05) is 19.6 Å². The molecular formula is C12H23N3O2. The molecule has 1 aliphatic rings. The summed E-state index contributed by atoms with van der Waals surface area (Å²) < 4.78 is 0. The van der Waals surface area contributed by atoms with E-state index in [1.807, 2.05) is 4.90 Å². The van der Waals surface area contributed by atoms with Crippen LogP contribution < -0.4 is 11.1 Å². The number of likely N-dealkylation sites (tertiary alicyclic amines) is 1. The van der Waals surface area contributed by atoms with Gasteiger partial charge < -0.3 is 16.0 Å². The SMILES string of the molecule is CC(C)(N)CC(=O)NCC(=O)N1CCCCC1. The number of hydrogen-bond acceptors (Lipinski definition) is 3. The molecule has 1 rings (SSSR count). The third kappa shape index (κ3) is 5.68. The van der Waals surface area contributed by atoms with Crippen molar-refractivity contribution in [3.05, 3.63) is 0 Å². The summed E-state index contributed by atoms with van der Waals surface area (Å²) in [6.07, 6.45) is 3.56. The van der Waals surface area contributed by atoms with Gasteiger partial charge in [0.2, 0.25) is 11.8 Å². The molecule has 0 atom stereocenters. The van der Waals surface area contributed by atoms with Crippen molar-refractivity contribution in [3.63, 3.8) is 0 Å². The number of nitrogens with two attached hydrogens (primary N) is 1. The fourth-order valence-corrected chi connectivity index (χ4v) is 1.91. The molecule has 1 heterocycles. The van der Waals surface area contributed by atoms with Crippen LogP contribution in [0.1, 0.15) is 39.5 Å². The summed E-state index contributed by atoms with van der Waals surface area (Å²) in [4.78, 5) is 25.0. The van der Waals surface area contributed by atoms with E-state index in [9.17, 15) is 9.59 Å². The predicted molar refractivity (Wildman–Crippen MR) is 66.3 cm³/mol. The lowest BCUT2D eigenvalue weighted by molar-refractivity contribution is -0.133. The quantitative estimate of drug-likeness (QED) is 0.740. The Morgan fingerprint density at radius 1 is 1.24 bits per heavy atom. The largest absolute Gasteiger partial charge is 0.347 e. The van der Waals surface area contributed by atoms with Crippen LogP contribution in [0.25, 0.3) is 0 Å². The van der Waals surface area contributed by atoms with Crippen LogP contribution >= 0.6 is 0 Å². The Labute approximate surface area is 103 Å². The number of carbonyl (C=O) groups excluding carboxylic acids is 2. The lowest BCUT2D eigenvalue weighted by atomic mass is 10.0. The Morgan fingerprint density at radius 2 is 1.82 bits per heavy atom. The lowest BCUT2D eigenvalue weighted by Crippen LogP contribution is -2.45. The van der Waals surface area contributed by atoms with Crippen molar-refractivity contribution in [1.29, 1.82) is 0 Å². The molecule has 1 fully saturated rings. The monoisotopic (exact) mass is 241 g/mol. The normalized spacial score (nSPS) is 16.8. The number of amides is 2. The van der Waals surface area contributed by atoms with Crippen LogP contribution in [0.15, 0.2) is 0 Å². The number of hydrogen-bond donors (Lipinski definition) is 2. The van der Waals surface area contributed by atoms with Crippen LogP contribution in [0.4, 0.5) is 0 Å². The predicted octanol–water partition coefficient (Wildman–Crippen LogP) is 0.243. The van der Waals surface area contributed by atoms with Crippen molar-refractivity contribution in [3.8, 4) is 0 Å². The minimum atomic E-state index is -0.530. The zero-order valence-electron chi connectivity index (χ0n) is 10.8. The first-order valence-corrected chi connectivity index (χ1v) is 6.22. The van der Waals surface area contributed by atoms with Crippen LogP contribution in [-0.2, 0) is 9.59 Å². The van der Waals surface area contributed by atoms with Crippen LogP contribution in [-0.4, -0.2) is 41.9 Å². The van der Waals surface area contributed by atoms with E-state index < -0.39 is 5.54 Å². The van der Waals surface area contributed by atoms with E-state index in [0.29, 0.717) is 0 Å². The van der Waals surface area contributed by atoms with E-state index in [4.69, 9.17) is 5.73 Å². The highest BCUT2D eigenvalue weighted by Gasteiger charge is 2.19. The van der Waals surface area contributed by atoms with E-state index in [-0.39, 0.29) is 24.8 Å². The average Bonchev–Trinajstić information content (AvgIpc) is 2.25. The molecule has 5 nitrogen and oxygen atoms in total. The van der Waals surface area contributed by atoms with E-state index in [2.05, 4.69) is 5.32 Å². The molecular weight excluding hydrogens is 218 g/mol. The molecule has 0 aromatic carbocycles. The van der Waals surface area contributed by atoms with Crippen molar-refractivity contribution in [2.45, 2.75) is 45.1 Å². The van der Waals surface area contributed by atoms with Gasteiger partial charge >= 0.3 is 0 Å². The van der Waals surface area contributed by atoms with Crippen LogP contribution in [0.3, 0.4) is 0 Å². The number of nitrogens with zero attached hydrogens (tertiary/aromatic N) is 1. The van der Waals surface area contributed by atoms with Crippen molar-refractivity contribution < 1.29 is 9.59 Å². The summed E-state index contributed by atoms with van der Waals surface area (Å²) in [5, 5.41) is 2.63. The van der Waals surface area contributed by atoms with Gasteiger partial charge in [0.25, 0.3) is 0 Å². The zero-order chi connectivity index (χ0) is 12.9. The van der Waals surface area contributed by atoms with Crippen LogP contribution in [0.2, 0.25) is 0 Å². The van der Waals surface area contributed by atoms with Gasteiger partial charge in [-0.15, -0.1) is 0 Å². The molecule has 5 heteroatoms. The highest BCUT2D eigenvalue weighted by atomic mass is 16.2. The molecule has 1 aliphatic heterocycles. The van der Waals surface area contributed by atoms with Crippen molar-refractivity contribution >= 4 is 11.8 Å². The van der Waals surface area contributed by atoms with Crippen LogP contribution in [0.5, 0.6) is 0 Å². The second-order valence-corrected chi connectivity index (χ2v) is 5.38. The molecule has 0 saturated carbocycles. The molecule has 0 aromatic rings. The van der Waals surface area contributed by atoms with Gasteiger partial charge in [0.05, 0.1) is 6.54 Å². The van der Waals surface area contributed by atoms with Gasteiger partial charge in [-0.05, 0) is 33.1 Å². The molecule has 98 valence electrons. The summed E-state index contributed by atoms with van der Waals surface area (Å²) in [6.45, 7) is 5.31. The minimum Gasteiger partial charge on any atom is -0.347 e. The molecule has 17 heavy (non-hydrogen) atoms. The maximum atomic E-state index is 11.7. The number of piperidine rings is 1. The van der Waals surface area contributed by atoms with E-state index in [1.54, 1.807) is 13.8 Å². The molecule has 0 bridgehead atoms. The molecule has 3 N–H and O–H groups in total. The van der Waals surface area contributed by atoms with E-state index >= 15 is 0 Å². The molecule has 2 amide bonds. The fourth-order valence-electron chi connectivity index (χ4n) is 1.91. The lowest BCUT2D eigenvalue weighted by Gasteiger charge is -2.27. The Balaban J connectivity index is 2.25. The van der Waals surface area contributed by atoms with Crippen LogP contribution in [0, 0.1) is 0 Å². The first-order chi connectivity index (χ1) is 7.88. The molecule has 0 aromatic heterocycles. The fraction of sp³-hybridized carbons (Fsp3) is 0.833. The summed E-state index contributed by atoms with van der Waals surface area (Å²) in [5.74, 6) is -0.157. The smallest absolute Gasteiger partial charge is 0.241 e. The Hall–Kier alpha value is -1.10. The Bertz CT molecular complexity index is 278. The summed E-state index contributed by atoms with van der Waals surface area (Å²) in [5.41, 5.74) is 5.20. The minimum absolute atomic E-state index is 0.00729.